The predicted molar refractivity (Wildman–Crippen MR) is 117 cm³/mol. The Balaban J connectivity index is 1.44. The molecule has 3 heterocycles. The van der Waals surface area contributed by atoms with E-state index < -0.39 is 0 Å². The summed E-state index contributed by atoms with van der Waals surface area (Å²) in [5, 5.41) is 3.52. The number of piperidine rings is 2. The van der Waals surface area contributed by atoms with Crippen LogP contribution >= 0.6 is 0 Å². The Kier molecular flexibility index (Phi) is 8.65. The summed E-state index contributed by atoms with van der Waals surface area (Å²) in [6.07, 6.45) is 15.1. The summed E-state index contributed by atoms with van der Waals surface area (Å²) in [4.78, 5) is 14.3. The van der Waals surface area contributed by atoms with Crippen LogP contribution in [-0.2, 0) is 0 Å². The van der Waals surface area contributed by atoms with Crippen molar-refractivity contribution < 1.29 is 0 Å². The minimum Gasteiger partial charge on any atom is -0.357 e. The highest BCUT2D eigenvalue weighted by Crippen LogP contribution is 2.27. The number of aromatic nitrogens is 2. The Morgan fingerprint density at radius 2 is 2.00 bits per heavy atom. The molecule has 3 rings (SSSR count). The van der Waals surface area contributed by atoms with E-state index in [0.29, 0.717) is 12.0 Å². The molecule has 2 unspecified atom stereocenters. The Labute approximate surface area is 171 Å². The number of likely N-dealkylation sites (tertiary alicyclic amines) is 2. The highest BCUT2D eigenvalue weighted by atomic mass is 15.3. The number of hydrogen-bond acceptors (Lipinski definition) is 3. The zero-order chi connectivity index (χ0) is 19.6. The fourth-order valence-corrected chi connectivity index (χ4v) is 4.51. The van der Waals surface area contributed by atoms with Crippen LogP contribution in [0.2, 0.25) is 0 Å². The first-order valence-corrected chi connectivity index (χ1v) is 11.5. The third-order valence-corrected chi connectivity index (χ3v) is 6.30. The maximum atomic E-state index is 4.96. The molecule has 0 aliphatic carbocycles. The molecule has 1 aromatic heterocycles. The number of aliphatic imine (C=N–C) groups is 1. The van der Waals surface area contributed by atoms with Crippen molar-refractivity contribution >= 4 is 5.96 Å². The van der Waals surface area contributed by atoms with Gasteiger partial charge in [0.1, 0.15) is 0 Å². The molecule has 0 bridgehead atoms. The number of imidazole rings is 1. The van der Waals surface area contributed by atoms with Gasteiger partial charge in [-0.05, 0) is 64.6 Å². The van der Waals surface area contributed by atoms with Crippen LogP contribution in [0.5, 0.6) is 0 Å². The maximum Gasteiger partial charge on any atom is 0.193 e. The van der Waals surface area contributed by atoms with Gasteiger partial charge in [0.25, 0.3) is 0 Å². The highest BCUT2D eigenvalue weighted by Gasteiger charge is 2.28. The Morgan fingerprint density at radius 3 is 2.75 bits per heavy atom. The zero-order valence-electron chi connectivity index (χ0n) is 18.0. The van der Waals surface area contributed by atoms with Gasteiger partial charge < -0.3 is 19.7 Å². The topological polar surface area (TPSA) is 48.7 Å². The van der Waals surface area contributed by atoms with Gasteiger partial charge in [-0.2, -0.15) is 0 Å². The van der Waals surface area contributed by atoms with Gasteiger partial charge in [-0.15, -0.1) is 0 Å². The number of guanidine groups is 1. The third-order valence-electron chi connectivity index (χ3n) is 6.30. The molecule has 2 atom stereocenters. The summed E-state index contributed by atoms with van der Waals surface area (Å²) in [6.45, 7) is 12.4. The van der Waals surface area contributed by atoms with E-state index in [-0.39, 0.29) is 0 Å². The summed E-state index contributed by atoms with van der Waals surface area (Å²) < 4.78 is 2.26. The molecule has 2 saturated heterocycles. The summed E-state index contributed by atoms with van der Waals surface area (Å²) in [7, 11) is 0. The van der Waals surface area contributed by atoms with Crippen molar-refractivity contribution in [3.63, 3.8) is 0 Å². The second-order valence-corrected chi connectivity index (χ2v) is 8.49. The second kappa shape index (κ2) is 11.4. The minimum absolute atomic E-state index is 0.477. The van der Waals surface area contributed by atoms with Crippen LogP contribution in [0, 0.1) is 5.92 Å². The quantitative estimate of drug-likeness (QED) is 0.421. The van der Waals surface area contributed by atoms with Gasteiger partial charge in [-0.25, -0.2) is 4.98 Å². The molecule has 28 heavy (non-hydrogen) atoms. The monoisotopic (exact) mass is 388 g/mol. The Morgan fingerprint density at radius 1 is 1.14 bits per heavy atom. The van der Waals surface area contributed by atoms with Crippen LogP contribution in [0.4, 0.5) is 0 Å². The smallest absolute Gasteiger partial charge is 0.193 e. The van der Waals surface area contributed by atoms with Crippen molar-refractivity contribution in [3.05, 3.63) is 18.7 Å². The van der Waals surface area contributed by atoms with E-state index in [9.17, 15) is 0 Å². The molecule has 1 aromatic rings. The molecular weight excluding hydrogens is 348 g/mol. The Bertz CT molecular complexity index is 564. The zero-order valence-corrected chi connectivity index (χ0v) is 18.0. The van der Waals surface area contributed by atoms with Crippen LogP contribution in [0.25, 0.3) is 0 Å². The molecule has 0 aromatic carbocycles. The Hall–Kier alpha value is -1.56. The third kappa shape index (κ3) is 6.23. The van der Waals surface area contributed by atoms with E-state index in [1.54, 1.807) is 0 Å². The van der Waals surface area contributed by atoms with E-state index >= 15 is 0 Å². The van der Waals surface area contributed by atoms with Crippen LogP contribution in [0.15, 0.2) is 23.7 Å². The molecule has 0 spiro atoms. The fraction of sp³-hybridized carbons (Fsp3) is 0.818. The van der Waals surface area contributed by atoms with E-state index in [2.05, 4.69) is 44.7 Å². The molecular formula is C22H40N6. The molecule has 2 fully saturated rings. The number of hydrogen-bond donors (Lipinski definition) is 1. The molecule has 0 radical (unpaired) electrons. The van der Waals surface area contributed by atoms with Crippen molar-refractivity contribution in [1.29, 1.82) is 0 Å². The fourth-order valence-electron chi connectivity index (χ4n) is 4.51. The van der Waals surface area contributed by atoms with E-state index in [4.69, 9.17) is 4.99 Å². The molecule has 6 heteroatoms. The predicted octanol–water partition coefficient (Wildman–Crippen LogP) is 3.39. The lowest BCUT2D eigenvalue weighted by Crippen LogP contribution is -2.49. The molecule has 0 saturated carbocycles. The minimum atomic E-state index is 0.477. The molecule has 2 aliphatic rings. The lowest BCUT2D eigenvalue weighted by Gasteiger charge is -2.39. The van der Waals surface area contributed by atoms with E-state index in [0.717, 1.165) is 32.1 Å². The summed E-state index contributed by atoms with van der Waals surface area (Å²) >= 11 is 0. The van der Waals surface area contributed by atoms with Crippen molar-refractivity contribution in [1.82, 2.24) is 24.7 Å². The molecule has 158 valence electrons. The molecule has 0 amide bonds. The number of nitrogens with zero attached hydrogens (tertiary/aromatic N) is 5. The van der Waals surface area contributed by atoms with Crippen molar-refractivity contribution in [2.75, 3.05) is 45.8 Å². The SMILES string of the molecule is CCNC(=NCCCCCN1CCCCC1)N1CCC(C)C(n2ccnc2)C1. The first kappa shape index (κ1) is 21.2. The molecule has 1 N–H and O–H groups in total. The first-order chi connectivity index (χ1) is 13.8. The number of rotatable bonds is 8. The molecule has 2 aliphatic heterocycles. The van der Waals surface area contributed by atoms with Crippen LogP contribution in [-0.4, -0.2) is 71.1 Å². The largest absolute Gasteiger partial charge is 0.357 e. The van der Waals surface area contributed by atoms with Crippen LogP contribution in [0.1, 0.15) is 64.8 Å². The lowest BCUT2D eigenvalue weighted by molar-refractivity contribution is 0.189. The highest BCUT2D eigenvalue weighted by molar-refractivity contribution is 5.80. The van der Waals surface area contributed by atoms with Gasteiger partial charge in [0.2, 0.25) is 0 Å². The van der Waals surface area contributed by atoms with E-state index in [1.807, 2.05) is 12.5 Å². The van der Waals surface area contributed by atoms with Gasteiger partial charge in [-0.3, -0.25) is 4.99 Å². The van der Waals surface area contributed by atoms with Gasteiger partial charge in [0.15, 0.2) is 5.96 Å². The van der Waals surface area contributed by atoms with Crippen molar-refractivity contribution in [2.24, 2.45) is 10.9 Å². The first-order valence-electron chi connectivity index (χ1n) is 11.5. The van der Waals surface area contributed by atoms with Gasteiger partial charge in [0, 0.05) is 38.6 Å². The van der Waals surface area contributed by atoms with E-state index in [1.165, 1.54) is 64.6 Å². The molecule has 6 nitrogen and oxygen atoms in total. The number of nitrogens with one attached hydrogen (secondary N) is 1. The average molecular weight is 389 g/mol. The van der Waals surface area contributed by atoms with Crippen LogP contribution < -0.4 is 5.32 Å². The standard InChI is InChI=1S/C22H40N6/c1-3-24-22(25-11-6-4-7-13-26-14-8-5-9-15-26)27-16-10-20(2)21(18-27)28-17-12-23-19-28/h12,17,19-21H,3-11,13-16,18H2,1-2H3,(H,24,25). The second-order valence-electron chi connectivity index (χ2n) is 8.49. The van der Waals surface area contributed by atoms with Crippen LogP contribution in [0.3, 0.4) is 0 Å². The van der Waals surface area contributed by atoms with Crippen molar-refractivity contribution in [2.45, 2.75) is 64.8 Å². The summed E-state index contributed by atoms with van der Waals surface area (Å²) in [5.74, 6) is 1.76. The van der Waals surface area contributed by atoms with Gasteiger partial charge >= 0.3 is 0 Å². The normalized spacial score (nSPS) is 24.5. The van der Waals surface area contributed by atoms with Gasteiger partial charge in [0.05, 0.1) is 12.4 Å². The average Bonchev–Trinajstić information content (AvgIpc) is 3.25. The van der Waals surface area contributed by atoms with Gasteiger partial charge in [-0.1, -0.05) is 19.8 Å². The number of unbranched alkanes of at least 4 members (excludes halogenated alkanes) is 2. The van der Waals surface area contributed by atoms with Crippen molar-refractivity contribution in [3.8, 4) is 0 Å². The lowest BCUT2D eigenvalue weighted by atomic mass is 9.93. The summed E-state index contributed by atoms with van der Waals surface area (Å²) in [5.41, 5.74) is 0. The maximum absolute atomic E-state index is 4.96. The summed E-state index contributed by atoms with van der Waals surface area (Å²) in [6, 6.07) is 0.477.